The first-order valence-electron chi connectivity index (χ1n) is 5.36. The molecule has 0 fully saturated rings. The second-order valence-corrected chi connectivity index (χ2v) is 3.61. The maximum Gasteiger partial charge on any atom is 0.273 e. The Bertz CT molecular complexity index is 410. The first-order chi connectivity index (χ1) is 8.58. The van der Waals surface area contributed by atoms with Gasteiger partial charge in [-0.2, -0.15) is 0 Å². The lowest BCUT2D eigenvalue weighted by atomic mass is 10.3. The van der Waals surface area contributed by atoms with Crippen molar-refractivity contribution >= 4 is 5.69 Å². The highest BCUT2D eigenvalue weighted by atomic mass is 16.6. The van der Waals surface area contributed by atoms with E-state index >= 15 is 0 Å². The average Bonchev–Trinajstić information content (AvgIpc) is 2.36. The van der Waals surface area contributed by atoms with Gasteiger partial charge in [-0.1, -0.05) is 0 Å². The van der Waals surface area contributed by atoms with Crippen LogP contribution in [-0.4, -0.2) is 43.4 Å². The van der Waals surface area contributed by atoms with Crippen molar-refractivity contribution in [3.8, 4) is 11.5 Å². The highest BCUT2D eigenvalue weighted by Gasteiger charge is 2.13. The predicted molar refractivity (Wildman–Crippen MR) is 65.1 cm³/mol. The summed E-state index contributed by atoms with van der Waals surface area (Å²) >= 11 is 0. The number of aliphatic hydroxyl groups is 1. The number of methoxy groups -OCH3 is 1. The minimum atomic E-state index is -0.658. The number of hydrogen-bond donors (Lipinski definition) is 2. The normalized spacial score (nSPS) is 11.9. The monoisotopic (exact) mass is 256 g/mol. The number of nitrogens with one attached hydrogen (secondary N) is 1. The number of nitrogens with zero attached hydrogens (tertiary/aromatic N) is 1. The molecule has 1 unspecified atom stereocenters. The number of hydrogen-bond acceptors (Lipinski definition) is 6. The Kier molecular flexibility index (Phi) is 5.34. The van der Waals surface area contributed by atoms with Crippen molar-refractivity contribution in [2.75, 3.05) is 27.3 Å². The van der Waals surface area contributed by atoms with E-state index in [1.54, 1.807) is 7.05 Å². The quantitative estimate of drug-likeness (QED) is 0.547. The van der Waals surface area contributed by atoms with Gasteiger partial charge in [-0.15, -0.1) is 0 Å². The zero-order valence-electron chi connectivity index (χ0n) is 10.3. The van der Waals surface area contributed by atoms with Gasteiger partial charge in [0.15, 0.2) is 11.5 Å². The van der Waals surface area contributed by atoms with Crippen LogP contribution in [0.2, 0.25) is 0 Å². The van der Waals surface area contributed by atoms with Crippen LogP contribution < -0.4 is 14.8 Å². The molecule has 18 heavy (non-hydrogen) atoms. The van der Waals surface area contributed by atoms with E-state index in [4.69, 9.17) is 9.47 Å². The van der Waals surface area contributed by atoms with Crippen LogP contribution in [0.1, 0.15) is 0 Å². The van der Waals surface area contributed by atoms with Crippen LogP contribution in [0.25, 0.3) is 0 Å². The Morgan fingerprint density at radius 1 is 1.50 bits per heavy atom. The van der Waals surface area contributed by atoms with Gasteiger partial charge in [-0.25, -0.2) is 0 Å². The Morgan fingerprint density at radius 2 is 2.22 bits per heavy atom. The van der Waals surface area contributed by atoms with E-state index in [-0.39, 0.29) is 18.0 Å². The molecule has 1 aromatic rings. The van der Waals surface area contributed by atoms with Gasteiger partial charge in [0.25, 0.3) is 5.69 Å². The fourth-order valence-electron chi connectivity index (χ4n) is 1.37. The largest absolute Gasteiger partial charge is 0.493 e. The molecule has 0 aliphatic heterocycles. The molecule has 1 atom stereocenters. The van der Waals surface area contributed by atoms with Crippen LogP contribution in [0, 0.1) is 10.1 Å². The summed E-state index contributed by atoms with van der Waals surface area (Å²) in [6, 6.07) is 4.05. The third-order valence-corrected chi connectivity index (χ3v) is 2.23. The highest BCUT2D eigenvalue weighted by molar-refractivity contribution is 5.48. The van der Waals surface area contributed by atoms with E-state index in [9.17, 15) is 15.2 Å². The molecule has 0 saturated carbocycles. The molecule has 0 amide bonds. The lowest BCUT2D eigenvalue weighted by Gasteiger charge is -2.13. The molecule has 0 radical (unpaired) electrons. The van der Waals surface area contributed by atoms with Gasteiger partial charge < -0.3 is 19.9 Å². The van der Waals surface area contributed by atoms with Gasteiger partial charge >= 0.3 is 0 Å². The molecule has 1 aromatic carbocycles. The van der Waals surface area contributed by atoms with Crippen molar-refractivity contribution in [1.29, 1.82) is 0 Å². The number of nitro groups is 1. The van der Waals surface area contributed by atoms with Crippen LogP contribution in [0.4, 0.5) is 5.69 Å². The number of rotatable bonds is 7. The van der Waals surface area contributed by atoms with Crippen LogP contribution >= 0.6 is 0 Å². The first-order valence-corrected chi connectivity index (χ1v) is 5.36. The molecular formula is C11H16N2O5. The number of benzene rings is 1. The lowest BCUT2D eigenvalue weighted by Crippen LogP contribution is -2.29. The number of non-ortho nitro benzene ring substituents is 1. The molecule has 100 valence electrons. The number of ether oxygens (including phenoxy) is 2. The Balaban J connectivity index is 2.73. The van der Waals surface area contributed by atoms with Crippen LogP contribution in [0.5, 0.6) is 11.5 Å². The van der Waals surface area contributed by atoms with Crippen LogP contribution in [0.15, 0.2) is 18.2 Å². The molecule has 1 rings (SSSR count). The second kappa shape index (κ2) is 6.77. The van der Waals surface area contributed by atoms with Crippen molar-refractivity contribution in [3.63, 3.8) is 0 Å². The Hall–Kier alpha value is -1.86. The van der Waals surface area contributed by atoms with Gasteiger partial charge in [0.2, 0.25) is 0 Å². The Labute approximate surface area is 104 Å². The molecule has 0 aromatic heterocycles. The fraction of sp³-hybridized carbons (Fsp3) is 0.455. The molecule has 0 spiro atoms. The molecule has 2 N–H and O–H groups in total. The minimum absolute atomic E-state index is 0.0741. The van der Waals surface area contributed by atoms with E-state index in [0.717, 1.165) is 0 Å². The SMILES string of the molecule is CNCC(O)COc1ccc([N+](=O)[O-])cc1OC. The summed E-state index contributed by atoms with van der Waals surface area (Å²) < 4.78 is 10.3. The van der Waals surface area contributed by atoms with Gasteiger partial charge in [0.1, 0.15) is 12.7 Å². The van der Waals surface area contributed by atoms with E-state index in [2.05, 4.69) is 5.32 Å². The average molecular weight is 256 g/mol. The summed E-state index contributed by atoms with van der Waals surface area (Å²) in [5, 5.41) is 22.9. The van der Waals surface area contributed by atoms with E-state index in [1.807, 2.05) is 0 Å². The maximum atomic E-state index is 10.6. The predicted octanol–water partition coefficient (Wildman–Crippen LogP) is 0.562. The first kappa shape index (κ1) is 14.2. The van der Waals surface area contributed by atoms with Crippen molar-refractivity contribution in [3.05, 3.63) is 28.3 Å². The van der Waals surface area contributed by atoms with Crippen LogP contribution in [0.3, 0.4) is 0 Å². The van der Waals surface area contributed by atoms with Gasteiger partial charge in [0, 0.05) is 12.6 Å². The van der Waals surface area contributed by atoms with Crippen molar-refractivity contribution in [1.82, 2.24) is 5.32 Å². The van der Waals surface area contributed by atoms with Crippen LogP contribution in [-0.2, 0) is 0 Å². The Morgan fingerprint density at radius 3 is 2.78 bits per heavy atom. The fourth-order valence-corrected chi connectivity index (χ4v) is 1.37. The zero-order valence-corrected chi connectivity index (χ0v) is 10.3. The smallest absolute Gasteiger partial charge is 0.273 e. The van der Waals surface area contributed by atoms with E-state index in [0.29, 0.717) is 12.3 Å². The van der Waals surface area contributed by atoms with Gasteiger partial charge in [-0.3, -0.25) is 10.1 Å². The zero-order chi connectivity index (χ0) is 13.5. The number of nitro benzene ring substituents is 1. The maximum absolute atomic E-state index is 10.6. The molecule has 7 heteroatoms. The lowest BCUT2D eigenvalue weighted by molar-refractivity contribution is -0.384. The van der Waals surface area contributed by atoms with E-state index in [1.165, 1.54) is 25.3 Å². The summed E-state index contributed by atoms with van der Waals surface area (Å²) in [5.74, 6) is 0.624. The third-order valence-electron chi connectivity index (χ3n) is 2.23. The molecule has 0 bridgehead atoms. The summed E-state index contributed by atoms with van der Waals surface area (Å²) in [5.41, 5.74) is -0.0741. The van der Waals surface area contributed by atoms with E-state index < -0.39 is 11.0 Å². The summed E-state index contributed by atoms with van der Waals surface area (Å²) in [6.07, 6.45) is -0.658. The molecule has 0 heterocycles. The molecular weight excluding hydrogens is 240 g/mol. The topological polar surface area (TPSA) is 93.9 Å². The number of aliphatic hydroxyl groups excluding tert-OH is 1. The summed E-state index contributed by atoms with van der Waals surface area (Å²) in [6.45, 7) is 0.476. The van der Waals surface area contributed by atoms with Crippen molar-refractivity contribution < 1.29 is 19.5 Å². The minimum Gasteiger partial charge on any atom is -0.493 e. The van der Waals surface area contributed by atoms with Crippen molar-refractivity contribution in [2.24, 2.45) is 0 Å². The second-order valence-electron chi connectivity index (χ2n) is 3.61. The van der Waals surface area contributed by atoms with Crippen molar-refractivity contribution in [2.45, 2.75) is 6.10 Å². The molecule has 0 saturated heterocycles. The summed E-state index contributed by atoms with van der Waals surface area (Å²) in [7, 11) is 3.12. The summed E-state index contributed by atoms with van der Waals surface area (Å²) in [4.78, 5) is 10.1. The standard InChI is InChI=1S/C11H16N2O5/c1-12-6-9(14)7-18-10-4-3-8(13(15)16)5-11(10)17-2/h3-5,9,12,14H,6-7H2,1-2H3. The highest BCUT2D eigenvalue weighted by Crippen LogP contribution is 2.31. The van der Waals surface area contributed by atoms with Gasteiger partial charge in [-0.05, 0) is 13.1 Å². The molecule has 0 aliphatic carbocycles. The molecule has 7 nitrogen and oxygen atoms in total. The number of likely N-dealkylation sites (N-methyl/N-ethyl adjacent to an activating group) is 1. The third kappa shape index (κ3) is 3.86. The molecule has 0 aliphatic rings. The van der Waals surface area contributed by atoms with Gasteiger partial charge in [0.05, 0.1) is 18.1 Å².